The van der Waals surface area contributed by atoms with Crippen LogP contribution in [0.4, 0.5) is 0 Å². The fraction of sp³-hybridized carbons (Fsp3) is 0.857. The molecule has 0 saturated carbocycles. The molecule has 0 radical (unpaired) electrons. The van der Waals surface area contributed by atoms with E-state index in [0.717, 1.165) is 12.8 Å². The van der Waals surface area contributed by atoms with Crippen LogP contribution < -0.4 is 0 Å². The number of carbonyl (C=O) groups excluding carboxylic acids is 1. The van der Waals surface area contributed by atoms with Crippen molar-refractivity contribution in [2.75, 3.05) is 6.61 Å². The Bertz CT molecular complexity index is 79.0. The molecule has 0 rings (SSSR count). The Morgan fingerprint density at radius 3 is 2.56 bits per heavy atom. The second-order valence-electron chi connectivity index (χ2n) is 2.12. The van der Waals surface area contributed by atoms with Gasteiger partial charge in [0.15, 0.2) is 0 Å². The van der Waals surface area contributed by atoms with E-state index in [0.29, 0.717) is 12.8 Å². The highest BCUT2D eigenvalue weighted by Gasteiger charge is 1.97. The molecule has 0 bridgehead atoms. The molecule has 0 saturated heterocycles. The summed E-state index contributed by atoms with van der Waals surface area (Å²) in [5, 5.41) is 8.32. The molecule has 0 unspecified atom stereocenters. The minimum absolute atomic E-state index is 0.00253. The number of aliphatic hydroxyl groups excluding tert-OH is 1. The number of rotatable bonds is 5. The molecule has 54 valence electrons. The maximum atomic E-state index is 10.6. The summed E-state index contributed by atoms with van der Waals surface area (Å²) in [5.41, 5.74) is 0. The van der Waals surface area contributed by atoms with Crippen molar-refractivity contribution in [2.24, 2.45) is 0 Å². The van der Waals surface area contributed by atoms with E-state index >= 15 is 0 Å². The number of hydrogen-bond donors (Lipinski definition) is 1. The van der Waals surface area contributed by atoms with Gasteiger partial charge in [-0.1, -0.05) is 13.3 Å². The first-order chi connectivity index (χ1) is 4.31. The first-order valence-electron chi connectivity index (χ1n) is 3.43. The zero-order chi connectivity index (χ0) is 7.11. The van der Waals surface area contributed by atoms with Crippen LogP contribution in [0.2, 0.25) is 0 Å². The molecule has 0 aromatic carbocycles. The number of hydrogen-bond acceptors (Lipinski definition) is 2. The van der Waals surface area contributed by atoms with Gasteiger partial charge in [-0.25, -0.2) is 0 Å². The normalized spacial score (nSPS) is 9.56. The van der Waals surface area contributed by atoms with Crippen LogP contribution in [-0.2, 0) is 4.79 Å². The summed E-state index contributed by atoms with van der Waals surface area (Å²) in [4.78, 5) is 10.6. The third-order valence-electron chi connectivity index (χ3n) is 1.20. The SMILES string of the molecule is CCCCC(=O)CCO. The Balaban J connectivity index is 3.06. The monoisotopic (exact) mass is 130 g/mol. The van der Waals surface area contributed by atoms with E-state index in [2.05, 4.69) is 0 Å². The van der Waals surface area contributed by atoms with Crippen LogP contribution in [-0.4, -0.2) is 17.5 Å². The first-order valence-corrected chi connectivity index (χ1v) is 3.43. The van der Waals surface area contributed by atoms with Crippen molar-refractivity contribution >= 4 is 5.78 Å². The molecule has 0 aliphatic carbocycles. The van der Waals surface area contributed by atoms with Crippen molar-refractivity contribution in [3.63, 3.8) is 0 Å². The Morgan fingerprint density at radius 2 is 2.11 bits per heavy atom. The molecule has 0 aromatic heterocycles. The molecule has 0 aliphatic rings. The number of aliphatic hydroxyl groups is 1. The van der Waals surface area contributed by atoms with Crippen LogP contribution in [0.15, 0.2) is 0 Å². The van der Waals surface area contributed by atoms with Gasteiger partial charge in [-0.15, -0.1) is 0 Å². The lowest BCUT2D eigenvalue weighted by molar-refractivity contribution is -0.119. The van der Waals surface area contributed by atoms with Crippen LogP contribution in [0.5, 0.6) is 0 Å². The van der Waals surface area contributed by atoms with Crippen LogP contribution in [0.1, 0.15) is 32.6 Å². The van der Waals surface area contributed by atoms with Gasteiger partial charge in [0.05, 0.1) is 0 Å². The maximum Gasteiger partial charge on any atom is 0.135 e. The fourth-order valence-corrected chi connectivity index (χ4v) is 0.624. The Labute approximate surface area is 55.9 Å². The highest BCUT2D eigenvalue weighted by atomic mass is 16.3. The van der Waals surface area contributed by atoms with Gasteiger partial charge in [0, 0.05) is 19.4 Å². The Morgan fingerprint density at radius 1 is 1.44 bits per heavy atom. The molecule has 0 aromatic rings. The van der Waals surface area contributed by atoms with Gasteiger partial charge in [0.1, 0.15) is 5.78 Å². The van der Waals surface area contributed by atoms with Gasteiger partial charge < -0.3 is 5.11 Å². The lowest BCUT2D eigenvalue weighted by Gasteiger charge is -1.93. The van der Waals surface area contributed by atoms with E-state index in [1.165, 1.54) is 0 Å². The number of Topliss-reactive ketones (excluding diaryl/α,β-unsaturated/α-hetero) is 1. The molecular weight excluding hydrogens is 116 g/mol. The second-order valence-corrected chi connectivity index (χ2v) is 2.12. The summed E-state index contributed by atoms with van der Waals surface area (Å²) in [5.74, 6) is 0.180. The van der Waals surface area contributed by atoms with Crippen LogP contribution in [0.25, 0.3) is 0 Å². The predicted octanol–water partition coefficient (Wildman–Crippen LogP) is 1.13. The molecule has 0 amide bonds. The Hall–Kier alpha value is -0.370. The average molecular weight is 130 g/mol. The highest BCUT2D eigenvalue weighted by molar-refractivity contribution is 5.78. The standard InChI is InChI=1S/C7H14O2/c1-2-3-4-7(9)5-6-8/h8H,2-6H2,1H3. The third kappa shape index (κ3) is 5.50. The molecule has 0 atom stereocenters. The van der Waals surface area contributed by atoms with Gasteiger partial charge in [0.25, 0.3) is 0 Å². The van der Waals surface area contributed by atoms with Crippen LogP contribution in [0, 0.1) is 0 Å². The van der Waals surface area contributed by atoms with Gasteiger partial charge in [-0.05, 0) is 6.42 Å². The van der Waals surface area contributed by atoms with E-state index in [1.807, 2.05) is 6.92 Å². The molecule has 0 aliphatic heterocycles. The van der Waals surface area contributed by atoms with Crippen molar-refractivity contribution in [1.29, 1.82) is 0 Å². The summed E-state index contributed by atoms with van der Waals surface area (Å²) < 4.78 is 0. The number of unbranched alkanes of at least 4 members (excludes halogenated alkanes) is 1. The quantitative estimate of drug-likeness (QED) is 0.605. The lowest BCUT2D eigenvalue weighted by atomic mass is 10.1. The summed E-state index contributed by atoms with van der Waals surface area (Å²) >= 11 is 0. The van der Waals surface area contributed by atoms with Gasteiger partial charge >= 0.3 is 0 Å². The topological polar surface area (TPSA) is 37.3 Å². The zero-order valence-electron chi connectivity index (χ0n) is 5.89. The molecule has 1 N–H and O–H groups in total. The summed E-state index contributed by atoms with van der Waals surface area (Å²) in [6.45, 7) is 2.05. The van der Waals surface area contributed by atoms with Crippen molar-refractivity contribution in [1.82, 2.24) is 0 Å². The number of carbonyl (C=O) groups is 1. The van der Waals surface area contributed by atoms with E-state index in [9.17, 15) is 4.79 Å². The van der Waals surface area contributed by atoms with Gasteiger partial charge in [-0.3, -0.25) is 4.79 Å². The van der Waals surface area contributed by atoms with Crippen molar-refractivity contribution < 1.29 is 9.90 Å². The largest absolute Gasteiger partial charge is 0.396 e. The fourth-order valence-electron chi connectivity index (χ4n) is 0.624. The zero-order valence-corrected chi connectivity index (χ0v) is 5.89. The van der Waals surface area contributed by atoms with E-state index in [1.54, 1.807) is 0 Å². The lowest BCUT2D eigenvalue weighted by Crippen LogP contribution is -1.99. The molecule has 2 nitrogen and oxygen atoms in total. The molecule has 0 fully saturated rings. The summed E-state index contributed by atoms with van der Waals surface area (Å²) in [7, 11) is 0. The minimum atomic E-state index is 0.00253. The van der Waals surface area contributed by atoms with Crippen LogP contribution >= 0.6 is 0 Å². The second kappa shape index (κ2) is 5.76. The molecular formula is C7H14O2. The smallest absolute Gasteiger partial charge is 0.135 e. The summed E-state index contributed by atoms with van der Waals surface area (Å²) in [6, 6.07) is 0. The predicted molar refractivity (Wildman–Crippen MR) is 36.2 cm³/mol. The molecule has 0 spiro atoms. The highest BCUT2D eigenvalue weighted by Crippen LogP contribution is 1.96. The van der Waals surface area contributed by atoms with Crippen molar-refractivity contribution in [2.45, 2.75) is 32.6 Å². The average Bonchev–Trinajstić information content (AvgIpc) is 1.85. The van der Waals surface area contributed by atoms with Gasteiger partial charge in [-0.2, -0.15) is 0 Å². The summed E-state index contributed by atoms with van der Waals surface area (Å²) in [6.07, 6.45) is 2.98. The van der Waals surface area contributed by atoms with Gasteiger partial charge in [0.2, 0.25) is 0 Å². The first kappa shape index (κ1) is 8.63. The molecule has 2 heteroatoms. The number of ketones is 1. The molecule has 0 heterocycles. The van der Waals surface area contributed by atoms with E-state index in [-0.39, 0.29) is 12.4 Å². The maximum absolute atomic E-state index is 10.6. The Kier molecular flexibility index (Phi) is 5.52. The minimum Gasteiger partial charge on any atom is -0.396 e. The van der Waals surface area contributed by atoms with Crippen LogP contribution in [0.3, 0.4) is 0 Å². The molecule has 9 heavy (non-hydrogen) atoms. The van der Waals surface area contributed by atoms with Crippen molar-refractivity contribution in [3.8, 4) is 0 Å². The van der Waals surface area contributed by atoms with E-state index < -0.39 is 0 Å². The van der Waals surface area contributed by atoms with Crippen molar-refractivity contribution in [3.05, 3.63) is 0 Å². The van der Waals surface area contributed by atoms with E-state index in [4.69, 9.17) is 5.11 Å². The third-order valence-corrected chi connectivity index (χ3v) is 1.20.